The lowest BCUT2D eigenvalue weighted by molar-refractivity contribution is 0.102. The quantitative estimate of drug-likeness (QED) is 0.740. The van der Waals surface area contributed by atoms with Crippen molar-refractivity contribution in [3.05, 3.63) is 77.6 Å². The fourth-order valence-corrected chi connectivity index (χ4v) is 3.47. The van der Waals surface area contributed by atoms with Crippen LogP contribution in [0.15, 0.2) is 60.9 Å². The van der Waals surface area contributed by atoms with Crippen molar-refractivity contribution in [1.82, 2.24) is 9.97 Å². The summed E-state index contributed by atoms with van der Waals surface area (Å²) < 4.78 is 0. The fraction of sp³-hybridized carbons (Fsp3) is 0.261. The number of nitrogens with one attached hydrogen (secondary N) is 1. The number of rotatable bonds is 4. The summed E-state index contributed by atoms with van der Waals surface area (Å²) in [5.41, 5.74) is 4.64. The number of hydrogen-bond acceptors (Lipinski definition) is 5. The third-order valence-corrected chi connectivity index (χ3v) is 5.23. The Balaban J connectivity index is 1.38. The molecule has 1 amide bonds. The number of hydrogen-bond donors (Lipinski definition) is 1. The van der Waals surface area contributed by atoms with Crippen LogP contribution in [0.5, 0.6) is 0 Å². The molecule has 0 spiro atoms. The predicted molar refractivity (Wildman–Crippen MR) is 117 cm³/mol. The highest BCUT2D eigenvalue weighted by molar-refractivity contribution is 6.04. The van der Waals surface area contributed by atoms with E-state index in [1.807, 2.05) is 38.1 Å². The molecule has 0 atom stereocenters. The van der Waals surface area contributed by atoms with E-state index in [-0.39, 0.29) is 5.91 Å². The van der Waals surface area contributed by atoms with Gasteiger partial charge in [0, 0.05) is 49.9 Å². The van der Waals surface area contributed by atoms with Gasteiger partial charge in [-0.05, 0) is 43.2 Å². The first-order valence-electron chi connectivity index (χ1n) is 9.86. The van der Waals surface area contributed by atoms with Crippen LogP contribution in [0.25, 0.3) is 0 Å². The molecule has 0 bridgehead atoms. The van der Waals surface area contributed by atoms with Crippen LogP contribution >= 0.6 is 0 Å². The van der Waals surface area contributed by atoms with E-state index in [0.29, 0.717) is 11.5 Å². The van der Waals surface area contributed by atoms with Gasteiger partial charge >= 0.3 is 0 Å². The number of carbonyl (C=O) groups excluding carboxylic acids is 1. The van der Waals surface area contributed by atoms with Gasteiger partial charge in [0.25, 0.3) is 5.91 Å². The summed E-state index contributed by atoms with van der Waals surface area (Å²) in [6.07, 6.45) is 3.21. The van der Waals surface area contributed by atoms with Gasteiger partial charge in [-0.15, -0.1) is 0 Å². The summed E-state index contributed by atoms with van der Waals surface area (Å²) in [7, 11) is 0. The lowest BCUT2D eigenvalue weighted by Crippen LogP contribution is -2.47. The molecule has 4 rings (SSSR count). The van der Waals surface area contributed by atoms with Crippen molar-refractivity contribution in [3.8, 4) is 0 Å². The fourth-order valence-electron chi connectivity index (χ4n) is 3.47. The second kappa shape index (κ2) is 8.31. The maximum absolute atomic E-state index is 12.6. The summed E-state index contributed by atoms with van der Waals surface area (Å²) in [4.78, 5) is 26.0. The van der Waals surface area contributed by atoms with Gasteiger partial charge in [0.2, 0.25) is 5.95 Å². The number of nitrogens with zero attached hydrogens (tertiary/aromatic N) is 4. The molecule has 2 heterocycles. The van der Waals surface area contributed by atoms with E-state index in [1.165, 1.54) is 5.69 Å². The Morgan fingerprint density at radius 3 is 2.24 bits per heavy atom. The van der Waals surface area contributed by atoms with E-state index < -0.39 is 0 Å². The van der Waals surface area contributed by atoms with Crippen molar-refractivity contribution in [2.75, 3.05) is 41.3 Å². The summed E-state index contributed by atoms with van der Waals surface area (Å²) >= 11 is 0. The van der Waals surface area contributed by atoms with E-state index in [0.717, 1.165) is 43.0 Å². The first-order chi connectivity index (χ1) is 14.1. The first kappa shape index (κ1) is 18.9. The van der Waals surface area contributed by atoms with E-state index in [9.17, 15) is 4.79 Å². The molecule has 0 aliphatic carbocycles. The van der Waals surface area contributed by atoms with Crippen LogP contribution in [0.2, 0.25) is 0 Å². The third-order valence-electron chi connectivity index (χ3n) is 5.23. The molecule has 2 aromatic carbocycles. The molecule has 0 radical (unpaired) electrons. The molecule has 1 aromatic heterocycles. The molecule has 0 unspecified atom stereocenters. The van der Waals surface area contributed by atoms with Gasteiger partial charge in [-0.1, -0.05) is 30.3 Å². The molecule has 0 saturated carbocycles. The Labute approximate surface area is 171 Å². The minimum atomic E-state index is -0.195. The third kappa shape index (κ3) is 4.37. The number of amides is 1. The zero-order valence-electron chi connectivity index (χ0n) is 16.8. The monoisotopic (exact) mass is 387 g/mol. The summed E-state index contributed by atoms with van der Waals surface area (Å²) in [5, 5.41) is 2.95. The number of benzene rings is 2. The van der Waals surface area contributed by atoms with Crippen LogP contribution in [-0.2, 0) is 0 Å². The Kier molecular flexibility index (Phi) is 5.42. The van der Waals surface area contributed by atoms with Gasteiger partial charge < -0.3 is 15.1 Å². The van der Waals surface area contributed by atoms with Crippen molar-refractivity contribution < 1.29 is 4.79 Å². The van der Waals surface area contributed by atoms with Crippen LogP contribution in [0.1, 0.15) is 21.5 Å². The van der Waals surface area contributed by atoms with Gasteiger partial charge in [-0.2, -0.15) is 0 Å². The SMILES string of the molecule is Cc1ccc(C)c(NC(=O)c2cnc(N3CCN(c4ccccc4)CC3)nc2)c1. The number of para-hydroxylation sites is 1. The van der Waals surface area contributed by atoms with Crippen molar-refractivity contribution in [2.24, 2.45) is 0 Å². The first-order valence-corrected chi connectivity index (χ1v) is 9.86. The maximum Gasteiger partial charge on any atom is 0.258 e. The highest BCUT2D eigenvalue weighted by Crippen LogP contribution is 2.19. The van der Waals surface area contributed by atoms with E-state index >= 15 is 0 Å². The van der Waals surface area contributed by atoms with E-state index in [2.05, 4.69) is 49.4 Å². The molecule has 148 valence electrons. The summed E-state index contributed by atoms with van der Waals surface area (Å²) in [5.74, 6) is 0.472. The lowest BCUT2D eigenvalue weighted by Gasteiger charge is -2.36. The van der Waals surface area contributed by atoms with Crippen molar-refractivity contribution in [1.29, 1.82) is 0 Å². The van der Waals surface area contributed by atoms with Gasteiger partial charge in [-0.3, -0.25) is 4.79 Å². The van der Waals surface area contributed by atoms with Crippen LogP contribution in [0.4, 0.5) is 17.3 Å². The molecule has 1 fully saturated rings. The average molecular weight is 387 g/mol. The Morgan fingerprint density at radius 2 is 1.55 bits per heavy atom. The molecule has 1 aliphatic rings. The number of anilines is 3. The van der Waals surface area contributed by atoms with Crippen LogP contribution in [0, 0.1) is 13.8 Å². The minimum Gasteiger partial charge on any atom is -0.368 e. The highest BCUT2D eigenvalue weighted by Gasteiger charge is 2.19. The smallest absolute Gasteiger partial charge is 0.258 e. The average Bonchev–Trinajstić information content (AvgIpc) is 2.77. The standard InChI is InChI=1S/C23H25N5O/c1-17-8-9-18(2)21(14-17)26-22(29)19-15-24-23(25-16-19)28-12-10-27(11-13-28)20-6-4-3-5-7-20/h3-9,14-16H,10-13H2,1-2H3,(H,26,29). The minimum absolute atomic E-state index is 0.195. The molecule has 29 heavy (non-hydrogen) atoms. The predicted octanol–water partition coefficient (Wildman–Crippen LogP) is 3.67. The Bertz CT molecular complexity index is 980. The Morgan fingerprint density at radius 1 is 0.897 bits per heavy atom. The molecule has 1 N–H and O–H groups in total. The highest BCUT2D eigenvalue weighted by atomic mass is 16.1. The van der Waals surface area contributed by atoms with Crippen molar-refractivity contribution >= 4 is 23.2 Å². The van der Waals surface area contributed by atoms with Crippen LogP contribution in [-0.4, -0.2) is 42.1 Å². The second-order valence-corrected chi connectivity index (χ2v) is 7.35. The zero-order chi connectivity index (χ0) is 20.2. The number of piperazine rings is 1. The molecular weight excluding hydrogens is 362 g/mol. The maximum atomic E-state index is 12.6. The second-order valence-electron chi connectivity index (χ2n) is 7.35. The number of carbonyl (C=O) groups is 1. The topological polar surface area (TPSA) is 61.4 Å². The lowest BCUT2D eigenvalue weighted by atomic mass is 10.1. The molecule has 1 saturated heterocycles. The van der Waals surface area contributed by atoms with Crippen LogP contribution < -0.4 is 15.1 Å². The molecule has 6 heteroatoms. The molecule has 6 nitrogen and oxygen atoms in total. The largest absolute Gasteiger partial charge is 0.368 e. The Hall–Kier alpha value is -3.41. The van der Waals surface area contributed by atoms with Gasteiger partial charge in [0.15, 0.2) is 0 Å². The summed E-state index contributed by atoms with van der Waals surface area (Å²) in [6.45, 7) is 7.52. The molecule has 3 aromatic rings. The van der Waals surface area contributed by atoms with Crippen molar-refractivity contribution in [3.63, 3.8) is 0 Å². The zero-order valence-corrected chi connectivity index (χ0v) is 16.8. The van der Waals surface area contributed by atoms with Crippen LogP contribution in [0.3, 0.4) is 0 Å². The van der Waals surface area contributed by atoms with Crippen molar-refractivity contribution in [2.45, 2.75) is 13.8 Å². The number of aromatic nitrogens is 2. The van der Waals surface area contributed by atoms with Gasteiger partial charge in [-0.25, -0.2) is 9.97 Å². The van der Waals surface area contributed by atoms with E-state index in [1.54, 1.807) is 12.4 Å². The number of aryl methyl sites for hydroxylation is 2. The van der Waals surface area contributed by atoms with E-state index in [4.69, 9.17) is 0 Å². The molecule has 1 aliphatic heterocycles. The van der Waals surface area contributed by atoms with Gasteiger partial charge in [0.1, 0.15) is 0 Å². The van der Waals surface area contributed by atoms with Gasteiger partial charge in [0.05, 0.1) is 5.56 Å². The summed E-state index contributed by atoms with van der Waals surface area (Å²) in [6, 6.07) is 16.4. The molecular formula is C23H25N5O. The normalized spacial score (nSPS) is 14.0.